The largest absolute Gasteiger partial charge is 0.324 e. The Labute approximate surface area is 163 Å². The number of para-hydroxylation sites is 2. The van der Waals surface area contributed by atoms with Crippen molar-refractivity contribution in [2.75, 3.05) is 29.4 Å². The van der Waals surface area contributed by atoms with E-state index in [1.54, 1.807) is 35.6 Å². The summed E-state index contributed by atoms with van der Waals surface area (Å²) in [6, 6.07) is 6.82. The quantitative estimate of drug-likeness (QED) is 0.767. The Morgan fingerprint density at radius 3 is 2.52 bits per heavy atom. The van der Waals surface area contributed by atoms with E-state index in [-0.39, 0.29) is 11.8 Å². The smallest absolute Gasteiger partial charge is 0.229 e. The van der Waals surface area contributed by atoms with Crippen molar-refractivity contribution in [3.63, 3.8) is 0 Å². The first kappa shape index (κ1) is 19.8. The molecule has 0 radical (unpaired) electrons. The highest BCUT2D eigenvalue weighted by atomic mass is 32.2. The van der Waals surface area contributed by atoms with Crippen LogP contribution in [0, 0.1) is 12.8 Å². The number of sulfonamides is 1. The molecule has 1 aliphatic heterocycles. The van der Waals surface area contributed by atoms with E-state index in [1.807, 2.05) is 6.92 Å². The molecule has 0 unspecified atom stereocenters. The van der Waals surface area contributed by atoms with Crippen LogP contribution >= 0.6 is 11.3 Å². The van der Waals surface area contributed by atoms with Crippen LogP contribution in [0.1, 0.15) is 23.5 Å². The second kappa shape index (κ2) is 8.37. The van der Waals surface area contributed by atoms with E-state index in [1.165, 1.54) is 0 Å². The summed E-state index contributed by atoms with van der Waals surface area (Å²) in [5, 5.41) is 6.03. The third kappa shape index (κ3) is 5.75. The van der Waals surface area contributed by atoms with Gasteiger partial charge in [0.2, 0.25) is 15.9 Å². The monoisotopic (exact) mass is 408 g/mol. The molecular formula is C18H24N4O3S2. The molecule has 3 rings (SSSR count). The molecular weight excluding hydrogens is 384 g/mol. The first-order valence-corrected chi connectivity index (χ1v) is 11.6. The van der Waals surface area contributed by atoms with Gasteiger partial charge in [-0.2, -0.15) is 0 Å². The molecule has 1 aliphatic rings. The third-order valence-corrected chi connectivity index (χ3v) is 5.90. The van der Waals surface area contributed by atoms with Gasteiger partial charge in [0.1, 0.15) is 0 Å². The minimum absolute atomic E-state index is 0.0677. The van der Waals surface area contributed by atoms with Gasteiger partial charge < -0.3 is 5.32 Å². The molecule has 0 bridgehead atoms. The Hall–Kier alpha value is -1.97. The van der Waals surface area contributed by atoms with Gasteiger partial charge in [0.15, 0.2) is 0 Å². The molecule has 0 spiro atoms. The third-order valence-electron chi connectivity index (χ3n) is 4.49. The number of likely N-dealkylation sites (tertiary alicyclic amines) is 1. The highest BCUT2D eigenvalue weighted by Gasteiger charge is 2.26. The van der Waals surface area contributed by atoms with Crippen molar-refractivity contribution in [2.45, 2.75) is 26.3 Å². The van der Waals surface area contributed by atoms with Crippen LogP contribution < -0.4 is 10.0 Å². The fourth-order valence-electron chi connectivity index (χ4n) is 3.18. The average molecular weight is 409 g/mol. The average Bonchev–Trinajstić information content (AvgIpc) is 3.01. The standard InChI is InChI=1S/C18H24N4O3S2/c1-13-19-15(12-26-13)11-22-9-7-14(8-10-22)18(23)20-16-5-3-4-6-17(16)21-27(2,24)25/h3-6,12,14,21H,7-11H2,1-2H3,(H,20,23). The van der Waals surface area contributed by atoms with Gasteiger partial charge in [-0.15, -0.1) is 11.3 Å². The Morgan fingerprint density at radius 1 is 1.26 bits per heavy atom. The zero-order valence-electron chi connectivity index (χ0n) is 15.4. The van der Waals surface area contributed by atoms with Crippen molar-refractivity contribution >= 4 is 38.6 Å². The minimum Gasteiger partial charge on any atom is -0.324 e. The zero-order valence-corrected chi connectivity index (χ0v) is 17.1. The lowest BCUT2D eigenvalue weighted by Crippen LogP contribution is -2.37. The Morgan fingerprint density at radius 2 is 1.93 bits per heavy atom. The van der Waals surface area contributed by atoms with Gasteiger partial charge in [-0.1, -0.05) is 12.1 Å². The molecule has 1 saturated heterocycles. The topological polar surface area (TPSA) is 91.4 Å². The molecule has 0 aliphatic carbocycles. The molecule has 1 amide bonds. The fourth-order valence-corrected chi connectivity index (χ4v) is 4.36. The minimum atomic E-state index is -3.41. The van der Waals surface area contributed by atoms with Crippen molar-refractivity contribution < 1.29 is 13.2 Å². The van der Waals surface area contributed by atoms with Crippen LogP contribution in [-0.4, -0.2) is 43.6 Å². The number of aromatic nitrogens is 1. The molecule has 7 nitrogen and oxygen atoms in total. The number of nitrogens with one attached hydrogen (secondary N) is 2. The summed E-state index contributed by atoms with van der Waals surface area (Å²) >= 11 is 1.65. The molecule has 0 saturated carbocycles. The van der Waals surface area contributed by atoms with Crippen molar-refractivity contribution in [3.05, 3.63) is 40.3 Å². The fraction of sp³-hybridized carbons (Fsp3) is 0.444. The maximum absolute atomic E-state index is 12.6. The van der Waals surface area contributed by atoms with E-state index in [0.29, 0.717) is 11.4 Å². The predicted octanol–water partition coefficient (Wildman–Crippen LogP) is 2.67. The number of aryl methyl sites for hydroxylation is 1. The highest BCUT2D eigenvalue weighted by molar-refractivity contribution is 7.92. The number of amides is 1. The predicted molar refractivity (Wildman–Crippen MR) is 108 cm³/mol. The lowest BCUT2D eigenvalue weighted by molar-refractivity contribution is -0.121. The van der Waals surface area contributed by atoms with E-state index < -0.39 is 10.0 Å². The number of thiazole rings is 1. The summed E-state index contributed by atoms with van der Waals surface area (Å²) in [5.74, 6) is -0.147. The first-order chi connectivity index (χ1) is 12.8. The van der Waals surface area contributed by atoms with Crippen molar-refractivity contribution in [1.82, 2.24) is 9.88 Å². The van der Waals surface area contributed by atoms with Gasteiger partial charge in [-0.25, -0.2) is 13.4 Å². The SMILES string of the molecule is Cc1nc(CN2CCC(C(=O)Nc3ccccc3NS(C)(=O)=O)CC2)cs1. The number of benzene rings is 1. The molecule has 9 heteroatoms. The number of carbonyl (C=O) groups excluding carboxylic acids is 1. The summed E-state index contributed by atoms with van der Waals surface area (Å²) in [5.41, 5.74) is 1.94. The van der Waals surface area contributed by atoms with E-state index in [0.717, 1.165) is 49.4 Å². The van der Waals surface area contributed by atoms with Gasteiger partial charge >= 0.3 is 0 Å². The zero-order chi connectivity index (χ0) is 19.4. The lowest BCUT2D eigenvalue weighted by atomic mass is 9.95. The molecule has 2 N–H and O–H groups in total. The van der Waals surface area contributed by atoms with Crippen molar-refractivity contribution in [1.29, 1.82) is 0 Å². The molecule has 0 atom stereocenters. The number of anilines is 2. The van der Waals surface area contributed by atoms with Gasteiger partial charge in [0.05, 0.1) is 28.3 Å². The van der Waals surface area contributed by atoms with Crippen molar-refractivity contribution in [3.8, 4) is 0 Å². The van der Waals surface area contributed by atoms with E-state index in [4.69, 9.17) is 0 Å². The normalized spacial score (nSPS) is 16.2. The van der Waals surface area contributed by atoms with E-state index >= 15 is 0 Å². The number of hydrogen-bond acceptors (Lipinski definition) is 6. The number of piperidine rings is 1. The molecule has 146 valence electrons. The highest BCUT2D eigenvalue weighted by Crippen LogP contribution is 2.25. The molecule has 27 heavy (non-hydrogen) atoms. The van der Waals surface area contributed by atoms with E-state index in [2.05, 4.69) is 25.3 Å². The van der Waals surface area contributed by atoms with E-state index in [9.17, 15) is 13.2 Å². The van der Waals surface area contributed by atoms with Gasteiger partial charge in [0.25, 0.3) is 0 Å². The molecule has 1 fully saturated rings. The second-order valence-electron chi connectivity index (χ2n) is 6.82. The molecule has 2 aromatic rings. The van der Waals surface area contributed by atoms with Crippen LogP contribution in [0.3, 0.4) is 0 Å². The van der Waals surface area contributed by atoms with Crippen LogP contribution in [0.5, 0.6) is 0 Å². The Kier molecular flexibility index (Phi) is 6.13. The number of hydrogen-bond donors (Lipinski definition) is 2. The van der Waals surface area contributed by atoms with Crippen LogP contribution in [0.15, 0.2) is 29.6 Å². The summed E-state index contributed by atoms with van der Waals surface area (Å²) in [7, 11) is -3.41. The maximum Gasteiger partial charge on any atom is 0.229 e. The van der Waals surface area contributed by atoms with Gasteiger partial charge in [-0.05, 0) is 45.0 Å². The number of nitrogens with zero attached hydrogens (tertiary/aromatic N) is 2. The summed E-state index contributed by atoms with van der Waals surface area (Å²) in [4.78, 5) is 19.4. The van der Waals surface area contributed by atoms with Crippen LogP contribution in [-0.2, 0) is 21.4 Å². The Balaban J connectivity index is 1.56. The summed E-state index contributed by atoms with van der Waals surface area (Å²) in [6.07, 6.45) is 2.64. The van der Waals surface area contributed by atoms with Crippen LogP contribution in [0.2, 0.25) is 0 Å². The summed E-state index contributed by atoms with van der Waals surface area (Å²) < 4.78 is 25.4. The lowest BCUT2D eigenvalue weighted by Gasteiger charge is -2.30. The second-order valence-corrected chi connectivity index (χ2v) is 9.63. The first-order valence-electron chi connectivity index (χ1n) is 8.81. The maximum atomic E-state index is 12.6. The van der Waals surface area contributed by atoms with Gasteiger partial charge in [0, 0.05) is 17.8 Å². The molecule has 2 heterocycles. The van der Waals surface area contributed by atoms with Crippen LogP contribution in [0.4, 0.5) is 11.4 Å². The number of rotatable bonds is 6. The Bertz CT molecular complexity index is 903. The number of carbonyl (C=O) groups is 1. The van der Waals surface area contributed by atoms with Crippen molar-refractivity contribution in [2.24, 2.45) is 5.92 Å². The summed E-state index contributed by atoms with van der Waals surface area (Å²) in [6.45, 7) is 4.51. The molecule has 1 aromatic carbocycles. The van der Waals surface area contributed by atoms with Crippen LogP contribution in [0.25, 0.3) is 0 Å². The molecule has 1 aromatic heterocycles. The van der Waals surface area contributed by atoms with Gasteiger partial charge in [-0.3, -0.25) is 14.4 Å².